The topological polar surface area (TPSA) is 70.6 Å². The maximum atomic E-state index is 12.0. The summed E-state index contributed by atoms with van der Waals surface area (Å²) < 4.78 is 0. The van der Waals surface area contributed by atoms with Crippen molar-refractivity contribution in [2.45, 2.75) is 19.8 Å². The Morgan fingerprint density at radius 3 is 2.44 bits per heavy atom. The van der Waals surface area contributed by atoms with Gasteiger partial charge in [0.25, 0.3) is 5.91 Å². The average molecular weight is 335 g/mol. The molecule has 25 heavy (non-hydrogen) atoms. The van der Waals surface area contributed by atoms with Gasteiger partial charge in [-0.15, -0.1) is 0 Å². The number of nitrogens with one attached hydrogen (secondary N) is 2. The van der Waals surface area contributed by atoms with E-state index in [2.05, 4.69) is 15.8 Å². The highest BCUT2D eigenvalue weighted by molar-refractivity contribution is 5.96. The van der Waals surface area contributed by atoms with Gasteiger partial charge in [0.1, 0.15) is 0 Å². The molecule has 0 saturated heterocycles. The van der Waals surface area contributed by atoms with Gasteiger partial charge < -0.3 is 5.32 Å². The summed E-state index contributed by atoms with van der Waals surface area (Å²) in [6.07, 6.45) is 6.44. The maximum absolute atomic E-state index is 12.0. The molecule has 0 spiro atoms. The molecule has 0 aliphatic rings. The lowest BCUT2D eigenvalue weighted by atomic mass is 10.2. The number of benzene rings is 2. The summed E-state index contributed by atoms with van der Waals surface area (Å²) in [5.41, 5.74) is 4.65. The van der Waals surface area contributed by atoms with Crippen molar-refractivity contribution in [2.75, 3.05) is 5.32 Å². The van der Waals surface area contributed by atoms with Crippen LogP contribution >= 0.6 is 0 Å². The van der Waals surface area contributed by atoms with E-state index in [9.17, 15) is 9.59 Å². The van der Waals surface area contributed by atoms with Crippen LogP contribution in [0, 0.1) is 0 Å². The van der Waals surface area contributed by atoms with Crippen LogP contribution in [0.5, 0.6) is 0 Å². The molecule has 0 atom stereocenters. The lowest BCUT2D eigenvalue weighted by Gasteiger charge is -2.05. The number of nitrogens with zero attached hydrogens (tertiary/aromatic N) is 1. The van der Waals surface area contributed by atoms with Gasteiger partial charge >= 0.3 is 0 Å². The molecule has 5 heteroatoms. The Labute approximate surface area is 147 Å². The Morgan fingerprint density at radius 2 is 1.76 bits per heavy atom. The smallest absolute Gasteiger partial charge is 0.271 e. The van der Waals surface area contributed by atoms with E-state index in [0.29, 0.717) is 17.7 Å². The first kappa shape index (κ1) is 18.1. The third kappa shape index (κ3) is 6.43. The molecular formula is C20H21N3O2. The van der Waals surface area contributed by atoms with E-state index >= 15 is 0 Å². The first-order valence-electron chi connectivity index (χ1n) is 8.14. The maximum Gasteiger partial charge on any atom is 0.271 e. The van der Waals surface area contributed by atoms with Crippen LogP contribution in [-0.4, -0.2) is 18.0 Å². The molecule has 5 nitrogen and oxygen atoms in total. The molecule has 0 aliphatic heterocycles. The monoisotopic (exact) mass is 335 g/mol. The van der Waals surface area contributed by atoms with Crippen molar-refractivity contribution in [2.24, 2.45) is 5.10 Å². The summed E-state index contributed by atoms with van der Waals surface area (Å²) in [7, 11) is 0. The first-order valence-corrected chi connectivity index (χ1v) is 8.14. The predicted octanol–water partition coefficient (Wildman–Crippen LogP) is 3.85. The van der Waals surface area contributed by atoms with E-state index in [0.717, 1.165) is 12.0 Å². The van der Waals surface area contributed by atoms with Crippen molar-refractivity contribution in [1.82, 2.24) is 5.43 Å². The third-order valence-electron chi connectivity index (χ3n) is 3.32. The van der Waals surface area contributed by atoms with Crippen molar-refractivity contribution in [3.8, 4) is 0 Å². The number of hydrazone groups is 1. The van der Waals surface area contributed by atoms with Gasteiger partial charge in [-0.05, 0) is 42.3 Å². The summed E-state index contributed by atoms with van der Waals surface area (Å²) >= 11 is 0. The Hall–Kier alpha value is -3.21. The Balaban J connectivity index is 1.83. The van der Waals surface area contributed by atoms with E-state index < -0.39 is 0 Å². The molecular weight excluding hydrogens is 314 g/mol. The predicted molar refractivity (Wildman–Crippen MR) is 101 cm³/mol. The van der Waals surface area contributed by atoms with E-state index in [1.807, 2.05) is 43.3 Å². The van der Waals surface area contributed by atoms with E-state index in [-0.39, 0.29) is 11.8 Å². The fourth-order valence-electron chi connectivity index (χ4n) is 2.08. The highest BCUT2D eigenvalue weighted by atomic mass is 16.2. The zero-order chi connectivity index (χ0) is 17.9. The molecule has 2 rings (SSSR count). The van der Waals surface area contributed by atoms with Crippen LogP contribution in [0.2, 0.25) is 0 Å². The molecule has 0 fully saturated rings. The molecule has 128 valence electrons. The normalized spacial score (nSPS) is 10.9. The Morgan fingerprint density at radius 1 is 1.04 bits per heavy atom. The van der Waals surface area contributed by atoms with Gasteiger partial charge in [0.2, 0.25) is 5.91 Å². The largest absolute Gasteiger partial charge is 0.326 e. The van der Waals surface area contributed by atoms with Crippen LogP contribution in [0.4, 0.5) is 5.69 Å². The van der Waals surface area contributed by atoms with Crippen molar-refractivity contribution < 1.29 is 9.59 Å². The number of rotatable bonds is 7. The molecule has 2 aromatic carbocycles. The van der Waals surface area contributed by atoms with Gasteiger partial charge in [-0.3, -0.25) is 9.59 Å². The molecule has 2 N–H and O–H groups in total. The van der Waals surface area contributed by atoms with Crippen molar-refractivity contribution in [3.63, 3.8) is 0 Å². The fraction of sp³-hybridized carbons (Fsp3) is 0.150. The minimum Gasteiger partial charge on any atom is -0.326 e. The van der Waals surface area contributed by atoms with Crippen LogP contribution in [0.1, 0.15) is 35.7 Å². The average Bonchev–Trinajstić information content (AvgIpc) is 2.63. The summed E-state index contributed by atoms with van der Waals surface area (Å²) in [6.45, 7) is 1.95. The van der Waals surface area contributed by atoms with Gasteiger partial charge in [-0.25, -0.2) is 5.43 Å². The second-order valence-corrected chi connectivity index (χ2v) is 5.36. The van der Waals surface area contributed by atoms with Crippen molar-refractivity contribution >= 4 is 29.8 Å². The molecule has 0 bridgehead atoms. The van der Waals surface area contributed by atoms with Crippen LogP contribution in [0.3, 0.4) is 0 Å². The van der Waals surface area contributed by atoms with Crippen LogP contribution in [-0.2, 0) is 4.79 Å². The second kappa shape index (κ2) is 9.82. The molecule has 0 saturated carbocycles. The van der Waals surface area contributed by atoms with Crippen molar-refractivity contribution in [3.05, 3.63) is 71.8 Å². The zero-order valence-corrected chi connectivity index (χ0v) is 14.1. The molecule has 0 unspecified atom stereocenters. The highest BCUT2D eigenvalue weighted by Crippen LogP contribution is 2.10. The zero-order valence-electron chi connectivity index (χ0n) is 14.1. The number of anilines is 1. The fourth-order valence-corrected chi connectivity index (χ4v) is 2.08. The van der Waals surface area contributed by atoms with Gasteiger partial charge in [-0.2, -0.15) is 5.10 Å². The number of amides is 2. The van der Waals surface area contributed by atoms with Crippen LogP contribution in [0.15, 0.2) is 65.8 Å². The summed E-state index contributed by atoms with van der Waals surface area (Å²) in [5, 5.41) is 6.65. The number of allylic oxidation sites excluding steroid dienone is 1. The SMILES string of the molecule is CCCC(=O)Nc1ccc(C(=O)N/N=C/C=C/c2ccccc2)cc1. The summed E-state index contributed by atoms with van der Waals surface area (Å²) in [6, 6.07) is 16.5. The number of carbonyl (C=O) groups is 2. The summed E-state index contributed by atoms with van der Waals surface area (Å²) in [4.78, 5) is 23.5. The molecule has 0 aliphatic carbocycles. The van der Waals surface area contributed by atoms with Gasteiger partial charge in [0.15, 0.2) is 0 Å². The molecule has 0 heterocycles. The van der Waals surface area contributed by atoms with Crippen LogP contribution < -0.4 is 10.7 Å². The standard InChI is InChI=1S/C20H21N3O2/c1-2-7-19(24)22-18-13-11-17(12-14-18)20(25)23-21-15-6-10-16-8-4-3-5-9-16/h3-6,8-15H,2,7H2,1H3,(H,22,24)(H,23,25)/b10-6+,21-15+. The molecule has 0 aromatic heterocycles. The lowest BCUT2D eigenvalue weighted by Crippen LogP contribution is -2.17. The minimum atomic E-state index is -0.309. The van der Waals surface area contributed by atoms with Gasteiger partial charge in [0.05, 0.1) is 0 Å². The Kier molecular flexibility index (Phi) is 7.13. The van der Waals surface area contributed by atoms with Gasteiger partial charge in [0, 0.05) is 23.9 Å². The molecule has 0 radical (unpaired) electrons. The second-order valence-electron chi connectivity index (χ2n) is 5.36. The van der Waals surface area contributed by atoms with Crippen LogP contribution in [0.25, 0.3) is 6.08 Å². The summed E-state index contributed by atoms with van der Waals surface area (Å²) in [5.74, 6) is -0.342. The molecule has 2 aromatic rings. The minimum absolute atomic E-state index is 0.0329. The number of hydrogen-bond acceptors (Lipinski definition) is 3. The molecule has 2 amide bonds. The van der Waals surface area contributed by atoms with E-state index in [1.54, 1.807) is 30.3 Å². The van der Waals surface area contributed by atoms with Gasteiger partial charge in [-0.1, -0.05) is 43.3 Å². The van der Waals surface area contributed by atoms with E-state index in [1.165, 1.54) is 6.21 Å². The lowest BCUT2D eigenvalue weighted by molar-refractivity contribution is -0.116. The quantitative estimate of drug-likeness (QED) is 0.596. The Bertz CT molecular complexity index is 750. The third-order valence-corrected chi connectivity index (χ3v) is 3.32. The highest BCUT2D eigenvalue weighted by Gasteiger charge is 2.05. The van der Waals surface area contributed by atoms with E-state index in [4.69, 9.17) is 0 Å². The first-order chi connectivity index (χ1) is 12.2. The van der Waals surface area contributed by atoms with Crippen molar-refractivity contribution in [1.29, 1.82) is 0 Å². The number of hydrogen-bond donors (Lipinski definition) is 2. The number of carbonyl (C=O) groups excluding carboxylic acids is 2.